The predicted molar refractivity (Wildman–Crippen MR) is 50.0 cm³/mol. The molecule has 0 saturated carbocycles. The van der Waals surface area contributed by atoms with Gasteiger partial charge in [0, 0.05) is 6.42 Å². The molecule has 1 atom stereocenters. The van der Waals surface area contributed by atoms with Crippen molar-refractivity contribution in [2.45, 2.75) is 12.3 Å². The zero-order valence-electron chi connectivity index (χ0n) is 8.33. The van der Waals surface area contributed by atoms with Crippen LogP contribution in [-0.2, 0) is 11.0 Å². The summed E-state index contributed by atoms with van der Waals surface area (Å²) in [5.74, 6) is -2.73. The molecule has 0 saturated heterocycles. The molecule has 0 heterocycles. The molecule has 1 rings (SSSR count). The second-order valence-corrected chi connectivity index (χ2v) is 3.22. The Bertz CT molecular complexity index is 431. The van der Waals surface area contributed by atoms with Crippen molar-refractivity contribution in [2.75, 3.05) is 0 Å². The van der Waals surface area contributed by atoms with E-state index in [2.05, 4.69) is 0 Å². The third-order valence-corrected chi connectivity index (χ3v) is 1.96. The topological polar surface area (TPSA) is 63.3 Å². The summed E-state index contributed by atoms with van der Waals surface area (Å²) >= 11 is 0. The van der Waals surface area contributed by atoms with Crippen LogP contribution in [0.3, 0.4) is 0 Å². The van der Waals surface area contributed by atoms with Gasteiger partial charge in [-0.2, -0.15) is 13.2 Å². The number of rotatable bonds is 3. The van der Waals surface area contributed by atoms with Crippen molar-refractivity contribution in [2.24, 2.45) is 5.73 Å². The molecule has 0 aliphatic heterocycles. The average molecular weight is 250 g/mol. The number of benzene rings is 1. The second kappa shape index (κ2) is 4.70. The molecule has 0 unspecified atom stereocenters. The Morgan fingerprint density at radius 1 is 1.41 bits per heavy atom. The summed E-state index contributed by atoms with van der Waals surface area (Å²) in [6.45, 7) is 0. The zero-order valence-corrected chi connectivity index (χ0v) is 8.33. The number of halogens is 4. The highest BCUT2D eigenvalue weighted by Gasteiger charge is 2.35. The maximum atomic E-state index is 13.4. The Morgan fingerprint density at radius 2 is 2.00 bits per heavy atom. The molecule has 7 heteroatoms. The lowest BCUT2D eigenvalue weighted by atomic mass is 10.0. The largest absolute Gasteiger partial charge is 0.419 e. The van der Waals surface area contributed by atoms with Crippen LogP contribution in [-0.4, -0.2) is 17.1 Å². The lowest BCUT2D eigenvalue weighted by molar-refractivity contribution is -0.140. The number of alkyl halides is 3. The van der Waals surface area contributed by atoms with Gasteiger partial charge in [-0.15, -0.1) is 0 Å². The van der Waals surface area contributed by atoms with Gasteiger partial charge in [0.25, 0.3) is 0 Å². The van der Waals surface area contributed by atoms with Crippen LogP contribution in [0.15, 0.2) is 18.2 Å². The van der Waals surface area contributed by atoms with Gasteiger partial charge in [0.15, 0.2) is 0 Å². The van der Waals surface area contributed by atoms with Crippen molar-refractivity contribution in [3.8, 4) is 0 Å². The smallest absolute Gasteiger partial charge is 0.383 e. The number of nitrogens with two attached hydrogens (primary N) is 1. The van der Waals surface area contributed by atoms with Gasteiger partial charge >= 0.3 is 6.18 Å². The molecule has 1 aromatic carbocycles. The van der Waals surface area contributed by atoms with Gasteiger partial charge < -0.3 is 10.8 Å². The van der Waals surface area contributed by atoms with Gasteiger partial charge in [0.05, 0.1) is 5.56 Å². The molecule has 0 spiro atoms. The molecule has 0 aliphatic rings. The first-order valence-corrected chi connectivity index (χ1v) is 4.41. The van der Waals surface area contributed by atoms with Gasteiger partial charge in [-0.3, -0.25) is 4.79 Å². The zero-order chi connectivity index (χ0) is 13.2. The molecule has 1 aromatic rings. The number of primary amides is 1. The van der Waals surface area contributed by atoms with E-state index >= 15 is 0 Å². The third-order valence-electron chi connectivity index (χ3n) is 1.96. The van der Waals surface area contributed by atoms with E-state index in [4.69, 9.17) is 10.8 Å². The van der Waals surface area contributed by atoms with Gasteiger partial charge in [0.2, 0.25) is 5.91 Å². The summed E-state index contributed by atoms with van der Waals surface area (Å²) in [4.78, 5) is 10.5. The van der Waals surface area contributed by atoms with Gasteiger partial charge in [0.1, 0.15) is 11.9 Å². The van der Waals surface area contributed by atoms with Gasteiger partial charge in [-0.05, 0) is 11.6 Å². The van der Waals surface area contributed by atoms with Crippen molar-refractivity contribution in [3.63, 3.8) is 0 Å². The molecular formula is C10H8F4NO2. The van der Waals surface area contributed by atoms with Gasteiger partial charge in [-0.1, -0.05) is 12.1 Å². The van der Waals surface area contributed by atoms with E-state index in [0.717, 1.165) is 12.1 Å². The number of carbonyl (C=O) groups is 1. The second-order valence-electron chi connectivity index (χ2n) is 3.22. The number of carbonyl (C=O) groups excluding carboxylic acids is 1. The summed E-state index contributed by atoms with van der Waals surface area (Å²) in [7, 11) is 0. The van der Waals surface area contributed by atoms with E-state index < -0.39 is 35.1 Å². The van der Waals surface area contributed by atoms with E-state index in [0.29, 0.717) is 12.5 Å². The fraction of sp³-hybridized carbons (Fsp3) is 0.200. The lowest BCUT2D eigenvalue weighted by Gasteiger charge is -2.12. The highest BCUT2D eigenvalue weighted by Crippen LogP contribution is 2.32. The first-order valence-electron chi connectivity index (χ1n) is 4.41. The number of amides is 1. The van der Waals surface area contributed by atoms with E-state index in [1.165, 1.54) is 0 Å². The monoisotopic (exact) mass is 250 g/mol. The Morgan fingerprint density at radius 3 is 2.47 bits per heavy atom. The molecular weight excluding hydrogens is 242 g/mol. The Kier molecular flexibility index (Phi) is 3.72. The maximum Gasteiger partial charge on any atom is 0.419 e. The average Bonchev–Trinajstić information content (AvgIpc) is 2.19. The summed E-state index contributed by atoms with van der Waals surface area (Å²) in [5.41, 5.74) is 2.69. The van der Waals surface area contributed by atoms with Crippen LogP contribution in [0.5, 0.6) is 0 Å². The van der Waals surface area contributed by atoms with Crippen molar-refractivity contribution in [3.05, 3.63) is 41.6 Å². The first-order chi connectivity index (χ1) is 7.73. The molecule has 1 radical (unpaired) electrons. The minimum absolute atomic E-state index is 0.536. The SMILES string of the molecule is NC(=O)[C@@H](O)[CH]c1cccc(C(F)(F)F)c1F. The highest BCUT2D eigenvalue weighted by atomic mass is 19.4. The van der Waals surface area contributed by atoms with E-state index in [1.54, 1.807) is 0 Å². The molecule has 0 fully saturated rings. The fourth-order valence-corrected chi connectivity index (χ4v) is 1.15. The first kappa shape index (κ1) is 13.4. The molecule has 3 nitrogen and oxygen atoms in total. The van der Waals surface area contributed by atoms with Crippen LogP contribution in [0, 0.1) is 12.2 Å². The molecule has 17 heavy (non-hydrogen) atoms. The predicted octanol–water partition coefficient (Wildman–Crippen LogP) is 1.24. The number of hydrogen-bond acceptors (Lipinski definition) is 2. The summed E-state index contributed by atoms with van der Waals surface area (Å²) in [6.07, 6.45) is -6.06. The Hall–Kier alpha value is -1.63. The van der Waals surface area contributed by atoms with Crippen molar-refractivity contribution in [1.82, 2.24) is 0 Å². The van der Waals surface area contributed by atoms with Crippen LogP contribution < -0.4 is 5.73 Å². The van der Waals surface area contributed by atoms with Crippen LogP contribution in [0.2, 0.25) is 0 Å². The molecule has 0 aromatic heterocycles. The van der Waals surface area contributed by atoms with Crippen molar-refractivity contribution in [1.29, 1.82) is 0 Å². The summed E-state index contributed by atoms with van der Waals surface area (Å²) in [6, 6.07) is 2.52. The molecule has 93 valence electrons. The molecule has 0 aliphatic carbocycles. The standard InChI is InChI=1S/C10H8F4NO2/c11-8-5(4-7(16)9(15)17)2-1-3-6(8)10(12,13)14/h1-4,7,16H,(H2,15,17)/t7-/m0/s1. The van der Waals surface area contributed by atoms with Crippen molar-refractivity contribution < 1.29 is 27.5 Å². The molecule has 1 amide bonds. The minimum atomic E-state index is -4.84. The van der Waals surface area contributed by atoms with E-state index in [-0.39, 0.29) is 0 Å². The van der Waals surface area contributed by atoms with Crippen molar-refractivity contribution >= 4 is 5.91 Å². The van der Waals surface area contributed by atoms with E-state index in [9.17, 15) is 22.4 Å². The quantitative estimate of drug-likeness (QED) is 0.793. The highest BCUT2D eigenvalue weighted by molar-refractivity contribution is 5.80. The van der Waals surface area contributed by atoms with Crippen LogP contribution in [0.25, 0.3) is 0 Å². The van der Waals surface area contributed by atoms with Crippen LogP contribution >= 0.6 is 0 Å². The molecule has 0 bridgehead atoms. The fourth-order valence-electron chi connectivity index (χ4n) is 1.15. The maximum absolute atomic E-state index is 13.4. The minimum Gasteiger partial charge on any atom is -0.383 e. The molecule has 3 N–H and O–H groups in total. The lowest BCUT2D eigenvalue weighted by Crippen LogP contribution is -2.29. The number of aliphatic hydroxyl groups is 1. The van der Waals surface area contributed by atoms with Crippen LogP contribution in [0.4, 0.5) is 17.6 Å². The Balaban J connectivity index is 3.07. The third kappa shape index (κ3) is 3.16. The van der Waals surface area contributed by atoms with E-state index in [1.807, 2.05) is 0 Å². The Labute approximate surface area is 93.8 Å². The van der Waals surface area contributed by atoms with Gasteiger partial charge in [-0.25, -0.2) is 4.39 Å². The summed E-state index contributed by atoms with van der Waals surface area (Å²) < 4.78 is 50.3. The number of aliphatic hydroxyl groups excluding tert-OH is 1. The summed E-state index contributed by atoms with van der Waals surface area (Å²) in [5, 5.41) is 9.02. The number of hydrogen-bond donors (Lipinski definition) is 2. The van der Waals surface area contributed by atoms with Crippen LogP contribution in [0.1, 0.15) is 11.1 Å². The normalized spacial score (nSPS) is 13.5.